The minimum atomic E-state index is -1.30. The lowest BCUT2D eigenvalue weighted by atomic mass is 9.77. The van der Waals surface area contributed by atoms with Crippen LogP contribution in [-0.4, -0.2) is 10.9 Å². The molecule has 0 aliphatic carbocycles. The van der Waals surface area contributed by atoms with E-state index in [1.165, 1.54) is 0 Å². The quantitative estimate of drug-likeness (QED) is 0.844. The summed E-state index contributed by atoms with van der Waals surface area (Å²) in [6.45, 7) is 5.66. The maximum absolute atomic E-state index is 10.7. The number of aliphatic hydroxyl groups is 1. The maximum atomic E-state index is 10.7. The Morgan fingerprint density at radius 1 is 0.789 bits per heavy atom. The minimum absolute atomic E-state index is 0.524. The number of ether oxygens (including phenoxy) is 1. The van der Waals surface area contributed by atoms with E-state index in [1.54, 1.807) is 6.92 Å². The number of benzene rings is 2. The van der Waals surface area contributed by atoms with E-state index in [0.29, 0.717) is 5.75 Å². The van der Waals surface area contributed by atoms with Crippen LogP contribution >= 0.6 is 0 Å². The third-order valence-corrected chi connectivity index (χ3v) is 3.71. The van der Waals surface area contributed by atoms with Crippen molar-refractivity contribution in [2.75, 3.05) is 0 Å². The molecule has 0 radical (unpaired) electrons. The number of para-hydroxylation sites is 1. The van der Waals surface area contributed by atoms with E-state index < -0.39 is 11.2 Å². The van der Waals surface area contributed by atoms with Crippen molar-refractivity contribution in [1.82, 2.24) is 0 Å². The standard InChI is InChI=1S/C17H20O2/c1-16(2,14-10-6-4-7-11-14)17(3,18)19-15-12-8-5-9-13-15/h4-13,18H,1-3H3. The fourth-order valence-electron chi connectivity index (χ4n) is 1.97. The molecule has 0 saturated heterocycles. The van der Waals surface area contributed by atoms with Crippen LogP contribution in [0.15, 0.2) is 60.7 Å². The summed E-state index contributed by atoms with van der Waals surface area (Å²) >= 11 is 0. The Hall–Kier alpha value is -1.80. The average molecular weight is 256 g/mol. The average Bonchev–Trinajstić information content (AvgIpc) is 2.40. The summed E-state index contributed by atoms with van der Waals surface area (Å²) in [5, 5.41) is 10.7. The molecule has 0 saturated carbocycles. The van der Waals surface area contributed by atoms with Gasteiger partial charge in [-0.1, -0.05) is 48.5 Å². The molecule has 0 bridgehead atoms. The molecule has 0 heterocycles. The van der Waals surface area contributed by atoms with Crippen molar-refractivity contribution in [3.05, 3.63) is 66.2 Å². The first-order valence-electron chi connectivity index (χ1n) is 6.45. The Morgan fingerprint density at radius 2 is 1.26 bits per heavy atom. The van der Waals surface area contributed by atoms with E-state index in [1.807, 2.05) is 74.5 Å². The van der Waals surface area contributed by atoms with Gasteiger partial charge in [0.05, 0.1) is 5.41 Å². The van der Waals surface area contributed by atoms with Crippen molar-refractivity contribution in [2.24, 2.45) is 0 Å². The molecule has 1 N–H and O–H groups in total. The fraction of sp³-hybridized carbons (Fsp3) is 0.294. The maximum Gasteiger partial charge on any atom is 0.214 e. The number of hydrogen-bond acceptors (Lipinski definition) is 2. The minimum Gasteiger partial charge on any atom is -0.462 e. The van der Waals surface area contributed by atoms with Gasteiger partial charge >= 0.3 is 0 Å². The van der Waals surface area contributed by atoms with E-state index in [4.69, 9.17) is 4.74 Å². The highest BCUT2D eigenvalue weighted by atomic mass is 16.6. The first-order valence-corrected chi connectivity index (χ1v) is 6.45. The highest BCUT2D eigenvalue weighted by Gasteiger charge is 2.43. The Labute approximate surface area is 114 Å². The molecule has 0 aliphatic rings. The smallest absolute Gasteiger partial charge is 0.214 e. The van der Waals surface area contributed by atoms with Gasteiger partial charge in [-0.15, -0.1) is 0 Å². The van der Waals surface area contributed by atoms with Gasteiger partial charge in [0.1, 0.15) is 5.75 Å². The van der Waals surface area contributed by atoms with Crippen LogP contribution in [0.2, 0.25) is 0 Å². The Bertz CT molecular complexity index is 515. The van der Waals surface area contributed by atoms with E-state index in [9.17, 15) is 5.11 Å². The van der Waals surface area contributed by atoms with Crippen molar-refractivity contribution >= 4 is 0 Å². The molecular formula is C17H20O2. The van der Waals surface area contributed by atoms with E-state index >= 15 is 0 Å². The highest BCUT2D eigenvalue weighted by molar-refractivity contribution is 5.28. The summed E-state index contributed by atoms with van der Waals surface area (Å²) in [5.74, 6) is -0.632. The van der Waals surface area contributed by atoms with Crippen LogP contribution in [0, 0.1) is 0 Å². The van der Waals surface area contributed by atoms with Crippen LogP contribution in [0.1, 0.15) is 26.3 Å². The fourth-order valence-corrected chi connectivity index (χ4v) is 1.97. The lowest BCUT2D eigenvalue weighted by Gasteiger charge is -2.40. The molecule has 1 atom stereocenters. The molecule has 2 aromatic carbocycles. The lowest BCUT2D eigenvalue weighted by Crippen LogP contribution is -2.50. The number of rotatable bonds is 4. The third kappa shape index (κ3) is 2.79. The lowest BCUT2D eigenvalue weighted by molar-refractivity contribution is -0.169. The topological polar surface area (TPSA) is 29.5 Å². The Kier molecular flexibility index (Phi) is 3.63. The molecule has 2 nitrogen and oxygen atoms in total. The monoisotopic (exact) mass is 256 g/mol. The molecule has 100 valence electrons. The summed E-state index contributed by atoms with van der Waals surface area (Å²) in [4.78, 5) is 0. The second-order valence-corrected chi connectivity index (χ2v) is 5.39. The van der Waals surface area contributed by atoms with Gasteiger partial charge in [-0.25, -0.2) is 0 Å². The van der Waals surface area contributed by atoms with Gasteiger partial charge in [-0.2, -0.15) is 0 Å². The van der Waals surface area contributed by atoms with Gasteiger partial charge in [0.25, 0.3) is 0 Å². The predicted octanol–water partition coefficient (Wildman–Crippen LogP) is 3.75. The van der Waals surface area contributed by atoms with Crippen molar-refractivity contribution in [3.63, 3.8) is 0 Å². The molecule has 2 heteroatoms. The molecule has 2 aromatic rings. The molecular weight excluding hydrogens is 236 g/mol. The first-order chi connectivity index (χ1) is 8.93. The summed E-state index contributed by atoms with van der Waals surface area (Å²) in [7, 11) is 0. The van der Waals surface area contributed by atoms with E-state index in [-0.39, 0.29) is 0 Å². The van der Waals surface area contributed by atoms with Crippen molar-refractivity contribution < 1.29 is 9.84 Å². The molecule has 0 fully saturated rings. The molecule has 0 spiro atoms. The van der Waals surface area contributed by atoms with E-state index in [0.717, 1.165) is 5.56 Å². The van der Waals surface area contributed by atoms with Crippen LogP contribution in [0.25, 0.3) is 0 Å². The first kappa shape index (κ1) is 13.6. The second-order valence-electron chi connectivity index (χ2n) is 5.39. The van der Waals surface area contributed by atoms with Crippen molar-refractivity contribution in [2.45, 2.75) is 32.0 Å². The second kappa shape index (κ2) is 5.06. The third-order valence-electron chi connectivity index (χ3n) is 3.71. The zero-order valence-corrected chi connectivity index (χ0v) is 11.6. The van der Waals surface area contributed by atoms with Gasteiger partial charge < -0.3 is 9.84 Å². The molecule has 1 unspecified atom stereocenters. The van der Waals surface area contributed by atoms with Crippen LogP contribution < -0.4 is 4.74 Å². The van der Waals surface area contributed by atoms with Crippen molar-refractivity contribution in [1.29, 1.82) is 0 Å². The SMILES string of the molecule is CC(O)(Oc1ccccc1)C(C)(C)c1ccccc1. The summed E-state index contributed by atoms with van der Waals surface area (Å²) in [6.07, 6.45) is 0. The highest BCUT2D eigenvalue weighted by Crippen LogP contribution is 2.36. The van der Waals surface area contributed by atoms with Gasteiger partial charge in [-0.3, -0.25) is 0 Å². The molecule has 0 amide bonds. The number of hydrogen-bond donors (Lipinski definition) is 1. The van der Waals surface area contributed by atoms with Gasteiger partial charge in [0.2, 0.25) is 5.79 Å². The summed E-state index contributed by atoms with van der Waals surface area (Å²) < 4.78 is 5.78. The van der Waals surface area contributed by atoms with Gasteiger partial charge in [0.15, 0.2) is 0 Å². The summed E-state index contributed by atoms with van der Waals surface area (Å²) in [5.41, 5.74) is 0.514. The summed E-state index contributed by atoms with van der Waals surface area (Å²) in [6, 6.07) is 19.3. The molecule has 0 aromatic heterocycles. The van der Waals surface area contributed by atoms with Gasteiger partial charge in [0, 0.05) is 6.92 Å². The van der Waals surface area contributed by atoms with Gasteiger partial charge in [-0.05, 0) is 31.5 Å². The van der Waals surface area contributed by atoms with Crippen molar-refractivity contribution in [3.8, 4) is 5.75 Å². The van der Waals surface area contributed by atoms with Crippen LogP contribution in [0.3, 0.4) is 0 Å². The zero-order valence-electron chi connectivity index (χ0n) is 11.6. The zero-order chi connectivity index (χ0) is 13.9. The largest absolute Gasteiger partial charge is 0.462 e. The Balaban J connectivity index is 2.28. The van der Waals surface area contributed by atoms with Crippen LogP contribution in [0.5, 0.6) is 5.75 Å². The van der Waals surface area contributed by atoms with E-state index in [2.05, 4.69) is 0 Å². The van der Waals surface area contributed by atoms with Crippen LogP contribution in [-0.2, 0) is 5.41 Å². The Morgan fingerprint density at radius 3 is 1.79 bits per heavy atom. The van der Waals surface area contributed by atoms with Crippen LogP contribution in [0.4, 0.5) is 0 Å². The molecule has 19 heavy (non-hydrogen) atoms. The predicted molar refractivity (Wildman–Crippen MR) is 77.2 cm³/mol. The molecule has 2 rings (SSSR count). The normalized spacial score (nSPS) is 14.7. The molecule has 0 aliphatic heterocycles.